The van der Waals surface area contributed by atoms with E-state index in [9.17, 15) is 0 Å². The predicted octanol–water partition coefficient (Wildman–Crippen LogP) is 4.94. The first kappa shape index (κ1) is 10.8. The molecule has 0 saturated heterocycles. The normalized spacial score (nSPS) is 10.5. The van der Waals surface area contributed by atoms with Gasteiger partial charge in [-0.15, -0.1) is 0 Å². The van der Waals surface area contributed by atoms with Crippen LogP contribution in [0.15, 0.2) is 66.7 Å². The SMILES string of the molecule is Cc1cc(Oc2ccccc2)cc2ccccc12. The lowest BCUT2D eigenvalue weighted by atomic mass is 10.1. The summed E-state index contributed by atoms with van der Waals surface area (Å²) < 4.78 is 5.87. The molecule has 0 aliphatic rings. The van der Waals surface area contributed by atoms with Crippen LogP contribution in [-0.2, 0) is 0 Å². The van der Waals surface area contributed by atoms with Gasteiger partial charge in [-0.2, -0.15) is 0 Å². The summed E-state index contributed by atoms with van der Waals surface area (Å²) in [5, 5.41) is 2.49. The van der Waals surface area contributed by atoms with Gasteiger partial charge in [-0.25, -0.2) is 0 Å². The van der Waals surface area contributed by atoms with Gasteiger partial charge in [0.1, 0.15) is 11.5 Å². The Morgan fingerprint density at radius 3 is 2.28 bits per heavy atom. The van der Waals surface area contributed by atoms with Crippen molar-refractivity contribution >= 4 is 10.8 Å². The highest BCUT2D eigenvalue weighted by Gasteiger charge is 2.02. The van der Waals surface area contributed by atoms with Crippen LogP contribution in [0.25, 0.3) is 10.8 Å². The molecule has 0 aliphatic heterocycles. The second kappa shape index (κ2) is 4.53. The van der Waals surface area contributed by atoms with Crippen LogP contribution < -0.4 is 4.74 Å². The zero-order valence-corrected chi connectivity index (χ0v) is 10.3. The topological polar surface area (TPSA) is 9.23 Å². The van der Waals surface area contributed by atoms with Crippen molar-refractivity contribution in [2.75, 3.05) is 0 Å². The highest BCUT2D eigenvalue weighted by atomic mass is 16.5. The zero-order valence-electron chi connectivity index (χ0n) is 10.3. The van der Waals surface area contributed by atoms with Gasteiger partial charge in [0, 0.05) is 0 Å². The maximum Gasteiger partial charge on any atom is 0.128 e. The Morgan fingerprint density at radius 2 is 1.44 bits per heavy atom. The first-order valence-electron chi connectivity index (χ1n) is 6.05. The Balaban J connectivity index is 2.03. The molecule has 3 rings (SSSR count). The van der Waals surface area contributed by atoms with E-state index in [0.717, 1.165) is 11.5 Å². The van der Waals surface area contributed by atoms with Gasteiger partial charge in [-0.3, -0.25) is 0 Å². The summed E-state index contributed by atoms with van der Waals surface area (Å²) in [5.41, 5.74) is 1.24. The lowest BCUT2D eigenvalue weighted by Crippen LogP contribution is -1.86. The second-order valence-electron chi connectivity index (χ2n) is 4.38. The second-order valence-corrected chi connectivity index (χ2v) is 4.38. The van der Waals surface area contributed by atoms with Crippen LogP contribution in [0.2, 0.25) is 0 Å². The molecule has 3 aromatic rings. The fraction of sp³-hybridized carbons (Fsp3) is 0.0588. The molecule has 0 unspecified atom stereocenters. The molecule has 0 aliphatic carbocycles. The number of benzene rings is 3. The minimum Gasteiger partial charge on any atom is -0.457 e. The number of aryl methyl sites for hydroxylation is 1. The molecular weight excluding hydrogens is 220 g/mol. The molecule has 0 spiro atoms. The number of hydrogen-bond acceptors (Lipinski definition) is 1. The standard InChI is InChI=1S/C17H14O/c1-13-11-16(18-15-8-3-2-4-9-15)12-14-7-5-6-10-17(13)14/h2-12H,1H3. The summed E-state index contributed by atoms with van der Waals surface area (Å²) in [6.45, 7) is 2.11. The van der Waals surface area contributed by atoms with Crippen molar-refractivity contribution in [3.05, 3.63) is 72.3 Å². The van der Waals surface area contributed by atoms with Crippen molar-refractivity contribution < 1.29 is 4.74 Å². The zero-order chi connectivity index (χ0) is 12.4. The first-order chi connectivity index (χ1) is 8.83. The van der Waals surface area contributed by atoms with Crippen LogP contribution >= 0.6 is 0 Å². The average molecular weight is 234 g/mol. The quantitative estimate of drug-likeness (QED) is 0.610. The van der Waals surface area contributed by atoms with Gasteiger partial charge in [0.05, 0.1) is 0 Å². The van der Waals surface area contributed by atoms with Crippen LogP contribution in [0, 0.1) is 6.92 Å². The third kappa shape index (κ3) is 2.07. The molecule has 0 bridgehead atoms. The van der Waals surface area contributed by atoms with Crippen molar-refractivity contribution in [1.82, 2.24) is 0 Å². The summed E-state index contributed by atoms with van der Waals surface area (Å²) >= 11 is 0. The van der Waals surface area contributed by atoms with Crippen molar-refractivity contribution in [2.24, 2.45) is 0 Å². The lowest BCUT2D eigenvalue weighted by molar-refractivity contribution is 0.483. The van der Waals surface area contributed by atoms with Crippen molar-refractivity contribution in [3.63, 3.8) is 0 Å². The van der Waals surface area contributed by atoms with Gasteiger partial charge >= 0.3 is 0 Å². The molecule has 88 valence electrons. The third-order valence-electron chi connectivity index (χ3n) is 3.02. The highest BCUT2D eigenvalue weighted by Crippen LogP contribution is 2.28. The van der Waals surface area contributed by atoms with E-state index < -0.39 is 0 Å². The molecule has 1 heteroatoms. The molecule has 3 aromatic carbocycles. The molecule has 0 fully saturated rings. The maximum atomic E-state index is 5.87. The third-order valence-corrected chi connectivity index (χ3v) is 3.02. The maximum absolute atomic E-state index is 5.87. The lowest BCUT2D eigenvalue weighted by Gasteiger charge is -2.09. The van der Waals surface area contributed by atoms with Gasteiger partial charge in [-0.05, 0) is 47.5 Å². The Kier molecular flexibility index (Phi) is 2.73. The van der Waals surface area contributed by atoms with Crippen molar-refractivity contribution in [1.29, 1.82) is 0 Å². The number of rotatable bonds is 2. The van der Waals surface area contributed by atoms with E-state index in [1.54, 1.807) is 0 Å². The van der Waals surface area contributed by atoms with E-state index in [1.807, 2.05) is 36.4 Å². The minimum absolute atomic E-state index is 0.868. The van der Waals surface area contributed by atoms with Crippen LogP contribution in [0.5, 0.6) is 11.5 Å². The Hall–Kier alpha value is -2.28. The molecule has 0 amide bonds. The summed E-state index contributed by atoms with van der Waals surface area (Å²) in [6, 6.07) is 22.4. The fourth-order valence-electron chi connectivity index (χ4n) is 2.15. The molecular formula is C17H14O. The van der Waals surface area contributed by atoms with Gasteiger partial charge in [0.25, 0.3) is 0 Å². The Morgan fingerprint density at radius 1 is 0.722 bits per heavy atom. The molecule has 1 nitrogen and oxygen atoms in total. The summed E-state index contributed by atoms with van der Waals surface area (Å²) in [7, 11) is 0. The van der Waals surface area contributed by atoms with Crippen LogP contribution in [0.1, 0.15) is 5.56 Å². The Bertz CT molecular complexity index is 672. The molecule has 0 atom stereocenters. The number of hydrogen-bond donors (Lipinski definition) is 0. The van der Waals surface area contributed by atoms with Crippen LogP contribution in [0.4, 0.5) is 0 Å². The number of fused-ring (bicyclic) bond motifs is 1. The van der Waals surface area contributed by atoms with Crippen molar-refractivity contribution in [2.45, 2.75) is 6.92 Å². The summed E-state index contributed by atoms with van der Waals surface area (Å²) in [5.74, 6) is 1.75. The van der Waals surface area contributed by atoms with Gasteiger partial charge < -0.3 is 4.74 Å². The predicted molar refractivity (Wildman–Crippen MR) is 75.2 cm³/mol. The monoisotopic (exact) mass is 234 g/mol. The summed E-state index contributed by atoms with van der Waals surface area (Å²) in [6.07, 6.45) is 0. The molecule has 0 N–H and O–H groups in total. The van der Waals surface area contributed by atoms with E-state index in [4.69, 9.17) is 4.74 Å². The van der Waals surface area contributed by atoms with Gasteiger partial charge in [0.15, 0.2) is 0 Å². The summed E-state index contributed by atoms with van der Waals surface area (Å²) in [4.78, 5) is 0. The first-order valence-corrected chi connectivity index (χ1v) is 6.05. The highest BCUT2D eigenvalue weighted by molar-refractivity contribution is 5.87. The molecule has 0 aromatic heterocycles. The van der Waals surface area contributed by atoms with Gasteiger partial charge in [-0.1, -0.05) is 42.5 Å². The van der Waals surface area contributed by atoms with E-state index in [2.05, 4.69) is 37.3 Å². The molecule has 18 heavy (non-hydrogen) atoms. The van der Waals surface area contributed by atoms with Crippen LogP contribution in [0.3, 0.4) is 0 Å². The van der Waals surface area contributed by atoms with E-state index in [1.165, 1.54) is 16.3 Å². The van der Waals surface area contributed by atoms with E-state index >= 15 is 0 Å². The number of para-hydroxylation sites is 1. The molecule has 0 radical (unpaired) electrons. The molecule has 0 heterocycles. The van der Waals surface area contributed by atoms with Gasteiger partial charge in [0.2, 0.25) is 0 Å². The fourth-order valence-corrected chi connectivity index (χ4v) is 2.15. The number of ether oxygens (including phenoxy) is 1. The van der Waals surface area contributed by atoms with Crippen LogP contribution in [-0.4, -0.2) is 0 Å². The average Bonchev–Trinajstić information content (AvgIpc) is 2.40. The largest absolute Gasteiger partial charge is 0.457 e. The minimum atomic E-state index is 0.868. The van der Waals surface area contributed by atoms with Crippen molar-refractivity contribution in [3.8, 4) is 11.5 Å². The Labute approximate surface area is 107 Å². The molecule has 0 saturated carbocycles. The van der Waals surface area contributed by atoms with E-state index in [-0.39, 0.29) is 0 Å². The smallest absolute Gasteiger partial charge is 0.128 e. The van der Waals surface area contributed by atoms with E-state index in [0.29, 0.717) is 0 Å².